The summed E-state index contributed by atoms with van der Waals surface area (Å²) in [7, 11) is 0. The number of fused-ring (bicyclic) bond motifs is 3. The number of hydrogen-bond acceptors (Lipinski definition) is 4. The molecule has 38 heavy (non-hydrogen) atoms. The van der Waals surface area contributed by atoms with Crippen molar-refractivity contribution in [3.05, 3.63) is 134 Å². The van der Waals surface area contributed by atoms with E-state index in [1.165, 1.54) is 0 Å². The molecule has 4 nitrogen and oxygen atoms in total. The number of benzene rings is 3. The zero-order chi connectivity index (χ0) is 24.2. The van der Waals surface area contributed by atoms with Gasteiger partial charge in [-0.25, -0.2) is 0 Å². The minimum Gasteiger partial charge on any atom is -0.310 e. The Morgan fingerprint density at radius 2 is 0.974 bits per heavy atom. The number of para-hydroxylation sites is 3. The Hall–Kier alpha value is -3.66. The normalized spacial score (nSPS) is 10.2. The smallest absolute Gasteiger partial charge is 0.0559 e. The molecule has 0 aliphatic heterocycles. The van der Waals surface area contributed by atoms with Crippen LogP contribution in [0.4, 0.5) is 0 Å². The first-order valence-electron chi connectivity index (χ1n) is 11.7. The second-order valence-corrected chi connectivity index (χ2v) is 8.22. The largest absolute Gasteiger partial charge is 0.310 e. The maximum atomic E-state index is 4.66. The van der Waals surface area contributed by atoms with Crippen molar-refractivity contribution in [2.75, 3.05) is 0 Å². The van der Waals surface area contributed by atoms with Crippen molar-refractivity contribution in [1.82, 2.24) is 19.9 Å². The van der Waals surface area contributed by atoms with Crippen molar-refractivity contribution in [3.63, 3.8) is 0 Å². The van der Waals surface area contributed by atoms with Crippen LogP contribution in [0.15, 0.2) is 121 Å². The van der Waals surface area contributed by atoms with Gasteiger partial charge in [0.25, 0.3) is 0 Å². The van der Waals surface area contributed by atoms with Gasteiger partial charge in [0, 0.05) is 45.7 Å². The van der Waals surface area contributed by atoms with Crippen molar-refractivity contribution < 1.29 is 40.2 Å². The maximum Gasteiger partial charge on any atom is 0.0559 e. The van der Waals surface area contributed by atoms with Crippen LogP contribution in [0, 0.1) is 12.1 Å². The fourth-order valence-electron chi connectivity index (χ4n) is 4.00. The van der Waals surface area contributed by atoms with Crippen molar-refractivity contribution in [1.29, 1.82) is 0 Å². The molecular weight excluding hydrogens is 825 g/mol. The van der Waals surface area contributed by atoms with Crippen LogP contribution in [0.25, 0.3) is 55.5 Å². The monoisotopic (exact) mass is 846 g/mol. The minimum absolute atomic E-state index is 0. The first-order valence-corrected chi connectivity index (χ1v) is 11.7. The summed E-state index contributed by atoms with van der Waals surface area (Å²) in [6, 6.07) is 44.2. The molecule has 188 valence electrons. The van der Waals surface area contributed by atoms with Crippen LogP contribution in [0.3, 0.4) is 0 Å². The van der Waals surface area contributed by atoms with E-state index < -0.39 is 0 Å². The number of aromatic nitrogens is 4. The molecule has 0 saturated heterocycles. The average Bonchev–Trinajstić information content (AvgIpc) is 2.97. The van der Waals surface area contributed by atoms with E-state index in [0.29, 0.717) is 0 Å². The van der Waals surface area contributed by atoms with E-state index in [-0.39, 0.29) is 40.2 Å². The van der Waals surface area contributed by atoms with Crippen LogP contribution in [0.1, 0.15) is 0 Å². The molecule has 6 heteroatoms. The molecule has 7 rings (SSSR count). The maximum absolute atomic E-state index is 4.66. The number of pyridine rings is 4. The minimum atomic E-state index is 0. The van der Waals surface area contributed by atoms with Gasteiger partial charge in [-0.3, -0.25) is 9.97 Å². The Morgan fingerprint density at radius 1 is 0.447 bits per heavy atom. The Bertz CT molecular complexity index is 1730. The van der Waals surface area contributed by atoms with E-state index in [1.807, 2.05) is 97.1 Å². The molecule has 0 amide bonds. The van der Waals surface area contributed by atoms with Crippen LogP contribution in [0.5, 0.6) is 0 Å². The molecule has 0 N–H and O–H groups in total. The molecule has 0 unspecified atom stereocenters. The third-order valence-electron chi connectivity index (χ3n) is 5.82. The molecule has 0 saturated carbocycles. The first-order chi connectivity index (χ1) is 17.8. The van der Waals surface area contributed by atoms with Gasteiger partial charge in [-0.2, -0.15) is 24.3 Å². The molecule has 4 aromatic heterocycles. The quantitative estimate of drug-likeness (QED) is 0.171. The molecule has 0 aliphatic rings. The summed E-state index contributed by atoms with van der Waals surface area (Å²) >= 11 is 0. The van der Waals surface area contributed by atoms with Crippen LogP contribution >= 0.6 is 0 Å². The van der Waals surface area contributed by atoms with E-state index in [4.69, 9.17) is 0 Å². The molecule has 0 atom stereocenters. The van der Waals surface area contributed by atoms with Crippen LogP contribution in [0.2, 0.25) is 0 Å². The van der Waals surface area contributed by atoms with E-state index in [1.54, 1.807) is 6.20 Å². The average molecular weight is 845 g/mol. The number of rotatable bonds is 2. The Balaban J connectivity index is 0.000000172. The van der Waals surface area contributed by atoms with Gasteiger partial charge in [0.1, 0.15) is 0 Å². The fraction of sp³-hybridized carbons (Fsp3) is 0. The zero-order valence-electron chi connectivity index (χ0n) is 20.0. The molecule has 7 aromatic rings. The Morgan fingerprint density at radius 3 is 1.55 bits per heavy atom. The van der Waals surface area contributed by atoms with E-state index in [2.05, 4.69) is 50.3 Å². The van der Waals surface area contributed by atoms with Crippen molar-refractivity contribution in [3.8, 4) is 22.8 Å². The summed E-state index contributed by atoms with van der Waals surface area (Å²) in [6.45, 7) is 0. The van der Waals surface area contributed by atoms with Gasteiger partial charge in [0.15, 0.2) is 0 Å². The van der Waals surface area contributed by atoms with E-state index >= 15 is 0 Å². The Kier molecular flexibility index (Phi) is 9.17. The second-order valence-electron chi connectivity index (χ2n) is 8.22. The van der Waals surface area contributed by atoms with Crippen molar-refractivity contribution in [2.45, 2.75) is 0 Å². The first kappa shape index (κ1) is 27.4. The Labute approximate surface area is 247 Å². The topological polar surface area (TPSA) is 51.6 Å². The summed E-state index contributed by atoms with van der Waals surface area (Å²) in [4.78, 5) is 18.1. The molecule has 0 aliphatic carbocycles. The van der Waals surface area contributed by atoms with Crippen LogP contribution in [-0.2, 0) is 40.2 Å². The summed E-state index contributed by atoms with van der Waals surface area (Å²) in [5.74, 6) is 0. The van der Waals surface area contributed by atoms with Gasteiger partial charge < -0.3 is 9.97 Å². The van der Waals surface area contributed by atoms with Gasteiger partial charge >= 0.3 is 0 Å². The second kappa shape index (κ2) is 12.7. The molecule has 2 radical (unpaired) electrons. The summed E-state index contributed by atoms with van der Waals surface area (Å²) in [5.41, 5.74) is 6.22. The number of nitrogens with zero attached hydrogens (tertiary/aromatic N) is 4. The van der Waals surface area contributed by atoms with Gasteiger partial charge in [0.2, 0.25) is 0 Å². The van der Waals surface area contributed by atoms with E-state index in [0.717, 1.165) is 55.5 Å². The van der Waals surface area contributed by atoms with Gasteiger partial charge in [0.05, 0.1) is 11.0 Å². The molecule has 0 fully saturated rings. The van der Waals surface area contributed by atoms with Gasteiger partial charge in [-0.05, 0) is 57.9 Å². The van der Waals surface area contributed by atoms with E-state index in [9.17, 15) is 0 Å². The molecule has 3 aromatic carbocycles. The standard InChI is InChI=1S/C18H11N2.C14H9N2.2Ir/c1-3-7-15-13(5-1)9-11-17(19-15)18-12-10-14-6-2-4-8-16(14)20-18;1-2-6-12-11(5-1)8-9-14(16-12)13-7-3-4-10-15-13;;/h1-11H;1-6,8-10H;;/q2*-1;;. The van der Waals surface area contributed by atoms with Crippen molar-refractivity contribution >= 4 is 32.7 Å². The predicted molar refractivity (Wildman–Crippen MR) is 145 cm³/mol. The van der Waals surface area contributed by atoms with Gasteiger partial charge in [-0.15, -0.1) is 12.1 Å². The molecule has 0 bridgehead atoms. The third kappa shape index (κ3) is 6.07. The SMILES string of the molecule is [Ir].[Ir].[c-]1cc2ccccc2nc1-c1ccc2ccccc2n1.[c-]1cccnc1-c1ccc2ccccc2n1. The summed E-state index contributed by atoms with van der Waals surface area (Å²) in [5, 5.41) is 3.37. The molecule has 4 heterocycles. The fourth-order valence-corrected chi connectivity index (χ4v) is 4.00. The van der Waals surface area contributed by atoms with Gasteiger partial charge in [-0.1, -0.05) is 78.2 Å². The summed E-state index contributed by atoms with van der Waals surface area (Å²) < 4.78 is 0. The third-order valence-corrected chi connectivity index (χ3v) is 5.82. The predicted octanol–water partition coefficient (Wildman–Crippen LogP) is 7.34. The number of hydrogen-bond donors (Lipinski definition) is 0. The molecule has 0 spiro atoms. The summed E-state index contributed by atoms with van der Waals surface area (Å²) in [6.07, 6.45) is 1.75. The molecular formula is C32H20Ir2N4-2. The van der Waals surface area contributed by atoms with Crippen LogP contribution in [-0.4, -0.2) is 19.9 Å². The van der Waals surface area contributed by atoms with Crippen molar-refractivity contribution in [2.24, 2.45) is 0 Å². The van der Waals surface area contributed by atoms with Crippen LogP contribution < -0.4 is 0 Å². The zero-order valence-corrected chi connectivity index (χ0v) is 24.8.